The summed E-state index contributed by atoms with van der Waals surface area (Å²) in [7, 11) is -3.66. The van der Waals surface area contributed by atoms with Gasteiger partial charge in [0.2, 0.25) is 0 Å². The number of pyridine rings is 1. The predicted molar refractivity (Wildman–Crippen MR) is 111 cm³/mol. The Kier molecular flexibility index (Phi) is 5.88. The van der Waals surface area contributed by atoms with Crippen LogP contribution in [0.4, 0.5) is 18.9 Å². The molecule has 7 nitrogen and oxygen atoms in total. The average Bonchev–Trinajstić information content (AvgIpc) is 2.71. The van der Waals surface area contributed by atoms with Crippen molar-refractivity contribution in [2.24, 2.45) is 0 Å². The van der Waals surface area contributed by atoms with Gasteiger partial charge in [-0.25, -0.2) is 4.98 Å². The normalized spacial score (nSPS) is 24.6. The van der Waals surface area contributed by atoms with Crippen LogP contribution in [-0.4, -0.2) is 73.5 Å². The quantitative estimate of drug-likeness (QED) is 0.708. The van der Waals surface area contributed by atoms with E-state index in [2.05, 4.69) is 4.98 Å². The molecule has 4 rings (SSSR count). The first kappa shape index (κ1) is 22.3. The fourth-order valence-corrected chi connectivity index (χ4v) is 5.95. The van der Waals surface area contributed by atoms with Crippen molar-refractivity contribution in [2.75, 3.05) is 44.2 Å². The average molecular weight is 459 g/mol. The molecule has 3 heterocycles. The number of aromatic nitrogens is 1. The number of anilines is 1. The number of piperazine rings is 1. The zero-order chi connectivity index (χ0) is 22.4. The Morgan fingerprint density at radius 3 is 2.23 bits per heavy atom. The minimum Gasteiger partial charge on any atom is -0.373 e. The molecule has 2 fully saturated rings. The molecule has 0 radical (unpaired) electrons. The molecular formula is C20H25F3N4O3S. The number of hydrogen-bond acceptors (Lipinski definition) is 5. The van der Waals surface area contributed by atoms with Gasteiger partial charge in [-0.05, 0) is 26.0 Å². The Hall–Kier alpha value is -1.95. The smallest absolute Gasteiger partial charge is 0.373 e. The van der Waals surface area contributed by atoms with Gasteiger partial charge in [0.05, 0.1) is 17.7 Å². The van der Waals surface area contributed by atoms with E-state index in [1.807, 2.05) is 13.8 Å². The molecule has 2 atom stereocenters. The molecule has 0 spiro atoms. The van der Waals surface area contributed by atoms with Crippen molar-refractivity contribution in [3.05, 3.63) is 36.0 Å². The maximum atomic E-state index is 13.4. The molecule has 2 aliphatic rings. The lowest BCUT2D eigenvalue weighted by Gasteiger charge is -2.41. The van der Waals surface area contributed by atoms with Gasteiger partial charge in [-0.3, -0.25) is 0 Å². The zero-order valence-electron chi connectivity index (χ0n) is 17.3. The summed E-state index contributed by atoms with van der Waals surface area (Å²) in [5, 5.41) is 0.614. The number of halogens is 3. The second-order valence-electron chi connectivity index (χ2n) is 8.01. The van der Waals surface area contributed by atoms with Crippen molar-refractivity contribution in [3.8, 4) is 0 Å². The van der Waals surface area contributed by atoms with Gasteiger partial charge in [-0.15, -0.1) is 0 Å². The van der Waals surface area contributed by atoms with Crippen molar-refractivity contribution in [2.45, 2.75) is 32.2 Å². The lowest BCUT2D eigenvalue weighted by molar-refractivity contribution is -0.140. The highest BCUT2D eigenvalue weighted by atomic mass is 32.2. The Morgan fingerprint density at radius 2 is 1.61 bits per heavy atom. The highest BCUT2D eigenvalue weighted by Crippen LogP contribution is 2.35. The van der Waals surface area contributed by atoms with Gasteiger partial charge in [-0.1, -0.05) is 18.2 Å². The van der Waals surface area contributed by atoms with Gasteiger partial charge in [0.1, 0.15) is 5.69 Å². The highest BCUT2D eigenvalue weighted by Gasteiger charge is 2.38. The lowest BCUT2D eigenvalue weighted by atomic mass is 10.1. The number of fused-ring (bicyclic) bond motifs is 1. The fraction of sp³-hybridized carbons (Fsp3) is 0.550. The number of alkyl halides is 3. The van der Waals surface area contributed by atoms with Gasteiger partial charge in [-0.2, -0.15) is 30.2 Å². The predicted octanol–water partition coefficient (Wildman–Crippen LogP) is 2.73. The van der Waals surface area contributed by atoms with Crippen LogP contribution >= 0.6 is 0 Å². The van der Waals surface area contributed by atoms with Crippen molar-refractivity contribution in [3.63, 3.8) is 0 Å². The van der Waals surface area contributed by atoms with Crippen molar-refractivity contribution in [1.29, 1.82) is 0 Å². The number of rotatable bonds is 3. The molecule has 170 valence electrons. The van der Waals surface area contributed by atoms with Crippen LogP contribution in [-0.2, 0) is 21.1 Å². The molecule has 2 saturated heterocycles. The van der Waals surface area contributed by atoms with E-state index in [0.717, 1.165) is 6.07 Å². The SMILES string of the molecule is C[C@@H]1CN(S(=O)(=O)N2CCN(c3cc(C(F)(F)F)nc4ccccc34)CC2)C[C@@H](C)O1. The molecule has 0 bridgehead atoms. The Morgan fingerprint density at radius 1 is 1.00 bits per heavy atom. The molecule has 11 heteroatoms. The number of hydrogen-bond donors (Lipinski definition) is 0. The summed E-state index contributed by atoms with van der Waals surface area (Å²) in [5.41, 5.74) is -0.269. The van der Waals surface area contributed by atoms with Crippen LogP contribution in [0.3, 0.4) is 0 Å². The van der Waals surface area contributed by atoms with Gasteiger partial charge < -0.3 is 9.64 Å². The summed E-state index contributed by atoms with van der Waals surface area (Å²) >= 11 is 0. The maximum absolute atomic E-state index is 13.4. The zero-order valence-corrected chi connectivity index (χ0v) is 18.2. The van der Waals surface area contributed by atoms with Gasteiger partial charge in [0, 0.05) is 50.3 Å². The number of morpholine rings is 1. The first-order valence-electron chi connectivity index (χ1n) is 10.2. The topological polar surface area (TPSA) is 66.0 Å². The lowest BCUT2D eigenvalue weighted by Crippen LogP contribution is -2.57. The summed E-state index contributed by atoms with van der Waals surface area (Å²) < 4.78 is 74.7. The van der Waals surface area contributed by atoms with Crippen LogP contribution in [0.25, 0.3) is 10.9 Å². The van der Waals surface area contributed by atoms with Crippen molar-refractivity contribution in [1.82, 2.24) is 13.6 Å². The summed E-state index contributed by atoms with van der Waals surface area (Å²) in [6.07, 6.45) is -4.94. The minimum absolute atomic E-state index is 0.191. The Labute approximate surface area is 179 Å². The first-order valence-corrected chi connectivity index (χ1v) is 11.6. The van der Waals surface area contributed by atoms with E-state index in [4.69, 9.17) is 4.74 Å². The third-order valence-corrected chi connectivity index (χ3v) is 7.57. The summed E-state index contributed by atoms with van der Waals surface area (Å²) in [5.74, 6) is 0. The van der Waals surface area contributed by atoms with Crippen LogP contribution in [0.5, 0.6) is 0 Å². The molecular weight excluding hydrogens is 433 g/mol. The first-order chi connectivity index (χ1) is 14.6. The molecule has 1 aromatic carbocycles. The summed E-state index contributed by atoms with van der Waals surface area (Å²) in [6, 6.07) is 7.74. The third kappa shape index (κ3) is 4.50. The van der Waals surface area contributed by atoms with Gasteiger partial charge in [0.15, 0.2) is 0 Å². The van der Waals surface area contributed by atoms with E-state index >= 15 is 0 Å². The van der Waals surface area contributed by atoms with Gasteiger partial charge >= 0.3 is 6.18 Å². The van der Waals surface area contributed by atoms with Gasteiger partial charge in [0.25, 0.3) is 10.2 Å². The second-order valence-corrected chi connectivity index (χ2v) is 9.94. The molecule has 0 N–H and O–H groups in total. The second kappa shape index (κ2) is 8.19. The maximum Gasteiger partial charge on any atom is 0.433 e. The number of nitrogens with zero attached hydrogens (tertiary/aromatic N) is 4. The molecule has 0 saturated carbocycles. The van der Waals surface area contributed by atoms with E-state index in [0.29, 0.717) is 24.2 Å². The summed E-state index contributed by atoms with van der Waals surface area (Å²) in [4.78, 5) is 5.56. The minimum atomic E-state index is -4.56. The van der Waals surface area contributed by atoms with Crippen LogP contribution in [0.15, 0.2) is 30.3 Å². The standard InChI is InChI=1S/C20H25F3N4O3S/c1-14-12-27(13-15(2)30-14)31(28,29)26-9-7-25(8-10-26)18-11-19(20(21,22)23)24-17-6-4-3-5-16(17)18/h3-6,11,14-15H,7-10,12-13H2,1-2H3/t14-,15-/m1/s1. The Bertz CT molecular complexity index is 1050. The van der Waals surface area contributed by atoms with E-state index < -0.39 is 22.1 Å². The molecule has 0 unspecified atom stereocenters. The molecule has 2 aromatic rings. The highest BCUT2D eigenvalue weighted by molar-refractivity contribution is 7.86. The molecule has 0 aliphatic carbocycles. The molecule has 2 aliphatic heterocycles. The summed E-state index contributed by atoms with van der Waals surface area (Å²) in [6.45, 7) is 5.22. The molecule has 31 heavy (non-hydrogen) atoms. The number of ether oxygens (including phenoxy) is 1. The van der Waals surface area contributed by atoms with E-state index in [-0.39, 0.29) is 43.9 Å². The largest absolute Gasteiger partial charge is 0.433 e. The monoisotopic (exact) mass is 458 g/mol. The molecule has 0 amide bonds. The molecule has 1 aromatic heterocycles. The fourth-order valence-electron chi connectivity index (χ4n) is 4.21. The van der Waals surface area contributed by atoms with Crippen LogP contribution in [0.1, 0.15) is 19.5 Å². The van der Waals surface area contributed by atoms with Crippen LogP contribution < -0.4 is 4.90 Å². The van der Waals surface area contributed by atoms with E-state index in [9.17, 15) is 21.6 Å². The van der Waals surface area contributed by atoms with Crippen molar-refractivity contribution >= 4 is 26.8 Å². The van der Waals surface area contributed by atoms with Crippen LogP contribution in [0, 0.1) is 0 Å². The van der Waals surface area contributed by atoms with Crippen molar-refractivity contribution < 1.29 is 26.3 Å². The van der Waals surface area contributed by atoms with E-state index in [1.54, 1.807) is 29.2 Å². The third-order valence-electron chi connectivity index (χ3n) is 5.60. The van der Waals surface area contributed by atoms with Crippen LogP contribution in [0.2, 0.25) is 0 Å². The number of benzene rings is 1. The Balaban J connectivity index is 1.56. The van der Waals surface area contributed by atoms with E-state index in [1.165, 1.54) is 8.61 Å². The number of para-hydroxylation sites is 1.